The van der Waals surface area contributed by atoms with E-state index in [2.05, 4.69) is 65.4 Å². The van der Waals surface area contributed by atoms with Crippen LogP contribution in [-0.4, -0.2) is 29.0 Å². The Morgan fingerprint density at radius 2 is 2.00 bits per heavy atom. The van der Waals surface area contributed by atoms with Crippen molar-refractivity contribution in [2.24, 2.45) is 0 Å². The second-order valence-electron chi connectivity index (χ2n) is 5.93. The normalized spacial score (nSPS) is 23.1. The summed E-state index contributed by atoms with van der Waals surface area (Å²) in [7, 11) is 0. The van der Waals surface area contributed by atoms with Gasteiger partial charge < -0.3 is 5.32 Å². The van der Waals surface area contributed by atoms with E-state index < -0.39 is 0 Å². The minimum Gasteiger partial charge on any atom is -0.311 e. The molecule has 3 rings (SSSR count). The largest absolute Gasteiger partial charge is 0.311 e. The molecule has 2 aromatic rings. The van der Waals surface area contributed by atoms with Crippen LogP contribution >= 0.6 is 0 Å². The predicted octanol–water partition coefficient (Wildman–Crippen LogP) is 2.93. The Morgan fingerprint density at radius 3 is 2.76 bits per heavy atom. The molecule has 3 heteroatoms. The highest BCUT2D eigenvalue weighted by Gasteiger charge is 2.27. The molecule has 0 radical (unpaired) electrons. The lowest BCUT2D eigenvalue weighted by atomic mass is 10.0. The minimum atomic E-state index is 0.420. The second-order valence-corrected chi connectivity index (χ2v) is 5.93. The van der Waals surface area contributed by atoms with E-state index in [9.17, 15) is 0 Å². The van der Waals surface area contributed by atoms with Gasteiger partial charge in [0.25, 0.3) is 0 Å². The Labute approximate surface area is 127 Å². The third-order valence-electron chi connectivity index (χ3n) is 4.26. The van der Waals surface area contributed by atoms with Gasteiger partial charge in [0, 0.05) is 37.9 Å². The summed E-state index contributed by atoms with van der Waals surface area (Å²) in [5, 5.41) is 3.60. The monoisotopic (exact) mass is 281 g/mol. The zero-order valence-electron chi connectivity index (χ0n) is 12.8. The molecule has 1 aromatic carbocycles. The third kappa shape index (κ3) is 3.31. The first-order valence-electron chi connectivity index (χ1n) is 7.67. The van der Waals surface area contributed by atoms with Crippen LogP contribution in [0.2, 0.25) is 0 Å². The molecular formula is C18H23N3. The highest BCUT2D eigenvalue weighted by atomic mass is 15.2. The highest BCUT2D eigenvalue weighted by molar-refractivity contribution is 5.22. The molecule has 2 atom stereocenters. The van der Waals surface area contributed by atoms with E-state index in [1.807, 2.05) is 12.3 Å². The van der Waals surface area contributed by atoms with Crippen LogP contribution < -0.4 is 5.32 Å². The van der Waals surface area contributed by atoms with Crippen LogP contribution in [-0.2, 0) is 6.54 Å². The summed E-state index contributed by atoms with van der Waals surface area (Å²) in [6.45, 7) is 7.36. The van der Waals surface area contributed by atoms with E-state index >= 15 is 0 Å². The molecule has 21 heavy (non-hydrogen) atoms. The molecular weight excluding hydrogens is 258 g/mol. The quantitative estimate of drug-likeness (QED) is 0.937. The van der Waals surface area contributed by atoms with Gasteiger partial charge in [-0.2, -0.15) is 0 Å². The summed E-state index contributed by atoms with van der Waals surface area (Å²) in [4.78, 5) is 7.11. The van der Waals surface area contributed by atoms with Crippen LogP contribution in [0.5, 0.6) is 0 Å². The van der Waals surface area contributed by atoms with Gasteiger partial charge >= 0.3 is 0 Å². The predicted molar refractivity (Wildman–Crippen MR) is 86.0 cm³/mol. The summed E-state index contributed by atoms with van der Waals surface area (Å²) in [6.07, 6.45) is 1.89. The van der Waals surface area contributed by atoms with Crippen molar-refractivity contribution in [1.29, 1.82) is 0 Å². The molecule has 0 aliphatic carbocycles. The number of pyridine rings is 1. The molecule has 2 unspecified atom stereocenters. The van der Waals surface area contributed by atoms with Crippen molar-refractivity contribution in [1.82, 2.24) is 15.2 Å². The topological polar surface area (TPSA) is 28.2 Å². The number of nitrogens with zero attached hydrogens (tertiary/aromatic N) is 2. The fraction of sp³-hybridized carbons (Fsp3) is 0.389. The first-order valence-corrected chi connectivity index (χ1v) is 7.67. The number of rotatable bonds is 3. The van der Waals surface area contributed by atoms with E-state index in [-0.39, 0.29) is 0 Å². The van der Waals surface area contributed by atoms with Crippen molar-refractivity contribution in [2.45, 2.75) is 32.5 Å². The fourth-order valence-corrected chi connectivity index (χ4v) is 3.04. The number of hydrogen-bond acceptors (Lipinski definition) is 3. The smallest absolute Gasteiger partial charge is 0.0573 e. The van der Waals surface area contributed by atoms with Gasteiger partial charge in [0.2, 0.25) is 0 Å². The van der Waals surface area contributed by atoms with E-state index in [0.29, 0.717) is 12.1 Å². The molecule has 110 valence electrons. The number of aromatic nitrogens is 1. The fourth-order valence-electron chi connectivity index (χ4n) is 3.04. The summed E-state index contributed by atoms with van der Waals surface area (Å²) in [6, 6.07) is 15.9. The van der Waals surface area contributed by atoms with Crippen molar-refractivity contribution in [2.75, 3.05) is 13.1 Å². The molecule has 2 heterocycles. The Bertz CT molecular complexity index is 582. The maximum Gasteiger partial charge on any atom is 0.0573 e. The van der Waals surface area contributed by atoms with Gasteiger partial charge in [-0.15, -0.1) is 0 Å². The van der Waals surface area contributed by atoms with Crippen molar-refractivity contribution >= 4 is 0 Å². The molecule has 0 saturated carbocycles. The lowest BCUT2D eigenvalue weighted by Gasteiger charge is -2.39. The van der Waals surface area contributed by atoms with Gasteiger partial charge in [0.15, 0.2) is 0 Å². The van der Waals surface area contributed by atoms with Crippen molar-refractivity contribution in [3.8, 4) is 0 Å². The maximum absolute atomic E-state index is 4.56. The SMILES string of the molecule is Cc1cccnc1CN1CC(C)NCC1c1ccccc1. The minimum absolute atomic E-state index is 0.420. The Kier molecular flexibility index (Phi) is 4.32. The Hall–Kier alpha value is -1.71. The van der Waals surface area contributed by atoms with Crippen molar-refractivity contribution < 1.29 is 0 Å². The summed E-state index contributed by atoms with van der Waals surface area (Å²) < 4.78 is 0. The van der Waals surface area contributed by atoms with E-state index in [1.54, 1.807) is 0 Å². The van der Waals surface area contributed by atoms with Gasteiger partial charge in [-0.3, -0.25) is 9.88 Å². The molecule has 1 aromatic heterocycles. The average Bonchev–Trinajstić information content (AvgIpc) is 2.51. The zero-order chi connectivity index (χ0) is 14.7. The van der Waals surface area contributed by atoms with Crippen LogP contribution in [0.4, 0.5) is 0 Å². The number of piperazine rings is 1. The Morgan fingerprint density at radius 1 is 1.19 bits per heavy atom. The summed E-state index contributed by atoms with van der Waals surface area (Å²) in [5.41, 5.74) is 3.84. The molecule has 1 saturated heterocycles. The number of hydrogen-bond donors (Lipinski definition) is 1. The zero-order valence-corrected chi connectivity index (χ0v) is 12.8. The first kappa shape index (κ1) is 14.2. The molecule has 0 amide bonds. The van der Waals surface area contributed by atoms with Crippen molar-refractivity contribution in [3.63, 3.8) is 0 Å². The first-order chi connectivity index (χ1) is 10.2. The van der Waals surface area contributed by atoms with Crippen molar-refractivity contribution in [3.05, 3.63) is 65.5 Å². The van der Waals surface area contributed by atoms with E-state index in [0.717, 1.165) is 19.6 Å². The van der Waals surface area contributed by atoms with Gasteiger partial charge in [-0.25, -0.2) is 0 Å². The maximum atomic E-state index is 4.56. The molecule has 0 spiro atoms. The van der Waals surface area contributed by atoms with Crippen LogP contribution in [0.25, 0.3) is 0 Å². The van der Waals surface area contributed by atoms with Crippen LogP contribution in [0, 0.1) is 6.92 Å². The van der Waals surface area contributed by atoms with Gasteiger partial charge in [0.1, 0.15) is 0 Å². The number of benzene rings is 1. The summed E-state index contributed by atoms with van der Waals surface area (Å²) in [5.74, 6) is 0. The van der Waals surface area contributed by atoms with E-state index in [1.165, 1.54) is 16.8 Å². The third-order valence-corrected chi connectivity index (χ3v) is 4.26. The van der Waals surface area contributed by atoms with Crippen LogP contribution in [0.3, 0.4) is 0 Å². The average molecular weight is 281 g/mol. The van der Waals surface area contributed by atoms with Crippen LogP contribution in [0.15, 0.2) is 48.7 Å². The van der Waals surface area contributed by atoms with E-state index in [4.69, 9.17) is 0 Å². The molecule has 1 aliphatic heterocycles. The lowest BCUT2D eigenvalue weighted by Crippen LogP contribution is -2.50. The van der Waals surface area contributed by atoms with Crippen LogP contribution in [0.1, 0.15) is 29.8 Å². The Balaban J connectivity index is 1.84. The number of nitrogens with one attached hydrogen (secondary N) is 1. The van der Waals surface area contributed by atoms with Gasteiger partial charge in [0.05, 0.1) is 5.69 Å². The summed E-state index contributed by atoms with van der Waals surface area (Å²) >= 11 is 0. The number of aryl methyl sites for hydroxylation is 1. The molecule has 0 bridgehead atoms. The molecule has 1 N–H and O–H groups in total. The highest BCUT2D eigenvalue weighted by Crippen LogP contribution is 2.25. The molecule has 1 fully saturated rings. The van der Waals surface area contributed by atoms with Gasteiger partial charge in [-0.1, -0.05) is 36.4 Å². The lowest BCUT2D eigenvalue weighted by molar-refractivity contribution is 0.126. The molecule has 3 nitrogen and oxygen atoms in total. The molecule has 1 aliphatic rings. The second kappa shape index (κ2) is 6.37. The standard InChI is InChI=1S/C18H23N3/c1-14-7-6-10-19-17(14)13-21-12-15(2)20-11-18(21)16-8-4-3-5-9-16/h3-10,15,18,20H,11-13H2,1-2H3. The van der Waals surface area contributed by atoms with Gasteiger partial charge in [-0.05, 0) is 31.0 Å².